The molecule has 0 spiro atoms. The predicted octanol–water partition coefficient (Wildman–Crippen LogP) is 2.68. The van der Waals surface area contributed by atoms with Crippen LogP contribution in [-0.2, 0) is 26.3 Å². The molecule has 1 atom stereocenters. The molecule has 6 heteroatoms. The maximum atomic E-state index is 6.33. The summed E-state index contributed by atoms with van der Waals surface area (Å²) in [5, 5.41) is 5.11. The van der Waals surface area contributed by atoms with E-state index in [4.69, 9.17) is 17.4 Å². The minimum Gasteiger partial charge on any atom is -0.271 e. The number of hydrogen-bond acceptors (Lipinski definition) is 4. The smallest absolute Gasteiger partial charge is 0.0847 e. The number of aryl methyl sites for hydroxylation is 4. The summed E-state index contributed by atoms with van der Waals surface area (Å²) in [6, 6.07) is 2.40. The normalized spacial score (nSPS) is 15.6. The van der Waals surface area contributed by atoms with E-state index in [-0.39, 0.29) is 6.04 Å². The first-order valence-corrected chi connectivity index (χ1v) is 8.05. The van der Waals surface area contributed by atoms with Crippen molar-refractivity contribution in [2.45, 2.75) is 38.6 Å². The Labute approximate surface area is 127 Å². The van der Waals surface area contributed by atoms with E-state index in [0.717, 1.165) is 22.8 Å². The molecule has 0 saturated carbocycles. The molecule has 1 unspecified atom stereocenters. The van der Waals surface area contributed by atoms with Crippen molar-refractivity contribution in [1.29, 1.82) is 0 Å². The van der Waals surface area contributed by atoms with E-state index >= 15 is 0 Å². The standard InChI is InChI=1S/C14H19ClN4S/c1-8-14(15)11(19(2)18-8)7-10(17-16)13-6-9-4-3-5-12(9)20-13/h6,10,17H,3-5,7,16H2,1-2H3. The fourth-order valence-corrected chi connectivity index (χ4v) is 4.42. The number of fused-ring (bicyclic) bond motifs is 1. The molecule has 3 N–H and O–H groups in total. The Balaban J connectivity index is 1.86. The molecule has 2 aromatic heterocycles. The first-order valence-electron chi connectivity index (χ1n) is 6.85. The lowest BCUT2D eigenvalue weighted by atomic mass is 10.1. The Morgan fingerprint density at radius 1 is 1.55 bits per heavy atom. The van der Waals surface area contributed by atoms with Crippen molar-refractivity contribution in [1.82, 2.24) is 15.2 Å². The van der Waals surface area contributed by atoms with Crippen LogP contribution in [0.15, 0.2) is 6.07 Å². The van der Waals surface area contributed by atoms with Gasteiger partial charge in [-0.3, -0.25) is 16.0 Å². The first-order chi connectivity index (χ1) is 9.60. The monoisotopic (exact) mass is 310 g/mol. The van der Waals surface area contributed by atoms with Gasteiger partial charge in [0.05, 0.1) is 22.5 Å². The Morgan fingerprint density at radius 2 is 2.35 bits per heavy atom. The number of hydrogen-bond donors (Lipinski definition) is 2. The topological polar surface area (TPSA) is 55.9 Å². The molecule has 0 aromatic carbocycles. The van der Waals surface area contributed by atoms with Crippen molar-refractivity contribution in [3.63, 3.8) is 0 Å². The van der Waals surface area contributed by atoms with Gasteiger partial charge in [0, 0.05) is 23.2 Å². The molecule has 1 aliphatic carbocycles. The third-order valence-corrected chi connectivity index (χ3v) is 5.81. The van der Waals surface area contributed by atoms with E-state index in [1.807, 2.05) is 30.0 Å². The van der Waals surface area contributed by atoms with Gasteiger partial charge in [0.25, 0.3) is 0 Å². The number of nitrogens with one attached hydrogen (secondary N) is 1. The highest BCUT2D eigenvalue weighted by Gasteiger charge is 2.22. The molecule has 0 amide bonds. The van der Waals surface area contributed by atoms with Gasteiger partial charge in [-0.15, -0.1) is 11.3 Å². The Bertz CT molecular complexity index is 610. The van der Waals surface area contributed by atoms with E-state index in [1.165, 1.54) is 34.6 Å². The number of nitrogens with two attached hydrogens (primary N) is 1. The van der Waals surface area contributed by atoms with Crippen molar-refractivity contribution in [2.24, 2.45) is 12.9 Å². The van der Waals surface area contributed by atoms with E-state index < -0.39 is 0 Å². The van der Waals surface area contributed by atoms with Gasteiger partial charge in [-0.1, -0.05) is 11.6 Å². The lowest BCUT2D eigenvalue weighted by molar-refractivity contribution is 0.537. The quantitative estimate of drug-likeness (QED) is 0.674. The number of aromatic nitrogens is 2. The minimum atomic E-state index is 0.0953. The second-order valence-corrected chi connectivity index (χ2v) is 6.89. The lowest BCUT2D eigenvalue weighted by Gasteiger charge is -2.15. The molecule has 108 valence electrons. The van der Waals surface area contributed by atoms with Crippen molar-refractivity contribution < 1.29 is 0 Å². The van der Waals surface area contributed by atoms with Crippen LogP contribution in [0.5, 0.6) is 0 Å². The van der Waals surface area contributed by atoms with Gasteiger partial charge >= 0.3 is 0 Å². The van der Waals surface area contributed by atoms with Gasteiger partial charge in [0.15, 0.2) is 0 Å². The summed E-state index contributed by atoms with van der Waals surface area (Å²) >= 11 is 8.21. The molecule has 2 heterocycles. The third-order valence-electron chi connectivity index (χ3n) is 3.97. The molecule has 0 saturated heterocycles. The zero-order valence-corrected chi connectivity index (χ0v) is 13.3. The van der Waals surface area contributed by atoms with E-state index in [0.29, 0.717) is 0 Å². The van der Waals surface area contributed by atoms with Gasteiger partial charge in [0.1, 0.15) is 0 Å². The number of rotatable bonds is 4. The van der Waals surface area contributed by atoms with Crippen molar-refractivity contribution >= 4 is 22.9 Å². The average Bonchev–Trinajstić information content (AvgIpc) is 3.04. The van der Waals surface area contributed by atoms with Gasteiger partial charge in [0.2, 0.25) is 0 Å². The molecule has 3 rings (SSSR count). The highest BCUT2D eigenvalue weighted by molar-refractivity contribution is 7.12. The van der Waals surface area contributed by atoms with Crippen LogP contribution in [0.3, 0.4) is 0 Å². The number of halogens is 1. The summed E-state index contributed by atoms with van der Waals surface area (Å²) in [6.07, 6.45) is 4.46. The number of nitrogens with zero attached hydrogens (tertiary/aromatic N) is 2. The van der Waals surface area contributed by atoms with E-state index in [9.17, 15) is 0 Å². The molecule has 0 bridgehead atoms. The fourth-order valence-electron chi connectivity index (χ4n) is 2.86. The summed E-state index contributed by atoms with van der Waals surface area (Å²) in [5.41, 5.74) is 6.33. The fraction of sp³-hybridized carbons (Fsp3) is 0.500. The Morgan fingerprint density at radius 3 is 2.95 bits per heavy atom. The average molecular weight is 311 g/mol. The first kappa shape index (κ1) is 14.1. The predicted molar refractivity (Wildman–Crippen MR) is 83.1 cm³/mol. The summed E-state index contributed by atoms with van der Waals surface area (Å²) in [6.45, 7) is 1.93. The van der Waals surface area contributed by atoms with Crippen molar-refractivity contribution in [3.8, 4) is 0 Å². The lowest BCUT2D eigenvalue weighted by Crippen LogP contribution is -2.29. The number of hydrazine groups is 1. The minimum absolute atomic E-state index is 0.0953. The molecule has 2 aromatic rings. The van der Waals surface area contributed by atoms with Crippen LogP contribution >= 0.6 is 22.9 Å². The van der Waals surface area contributed by atoms with Crippen LogP contribution in [0.1, 0.15) is 39.2 Å². The Kier molecular flexibility index (Phi) is 3.86. The molecule has 0 radical (unpaired) electrons. The zero-order chi connectivity index (χ0) is 14.3. The Hall–Kier alpha value is -0.880. The maximum Gasteiger partial charge on any atom is 0.0847 e. The van der Waals surface area contributed by atoms with Gasteiger partial charge in [-0.25, -0.2) is 0 Å². The van der Waals surface area contributed by atoms with E-state index in [1.54, 1.807) is 0 Å². The summed E-state index contributed by atoms with van der Waals surface area (Å²) in [7, 11) is 1.93. The third kappa shape index (κ3) is 2.39. The van der Waals surface area contributed by atoms with Crippen molar-refractivity contribution in [3.05, 3.63) is 37.8 Å². The van der Waals surface area contributed by atoms with Crippen LogP contribution in [0, 0.1) is 6.92 Å². The van der Waals surface area contributed by atoms with Crippen LogP contribution in [0.2, 0.25) is 5.02 Å². The largest absolute Gasteiger partial charge is 0.271 e. The van der Waals surface area contributed by atoms with Crippen LogP contribution in [0.4, 0.5) is 0 Å². The van der Waals surface area contributed by atoms with Crippen LogP contribution < -0.4 is 11.3 Å². The highest BCUT2D eigenvalue weighted by Crippen LogP contribution is 2.35. The van der Waals surface area contributed by atoms with Crippen molar-refractivity contribution in [2.75, 3.05) is 0 Å². The molecule has 20 heavy (non-hydrogen) atoms. The molecular formula is C14H19ClN4S. The molecular weight excluding hydrogens is 292 g/mol. The second kappa shape index (κ2) is 5.48. The van der Waals surface area contributed by atoms with Gasteiger partial charge in [-0.05, 0) is 37.8 Å². The molecule has 0 fully saturated rings. The highest BCUT2D eigenvalue weighted by atomic mass is 35.5. The zero-order valence-electron chi connectivity index (χ0n) is 11.7. The van der Waals surface area contributed by atoms with Crippen LogP contribution in [-0.4, -0.2) is 9.78 Å². The summed E-state index contributed by atoms with van der Waals surface area (Å²) in [5.74, 6) is 5.76. The van der Waals surface area contributed by atoms with Gasteiger partial charge < -0.3 is 0 Å². The van der Waals surface area contributed by atoms with Gasteiger partial charge in [-0.2, -0.15) is 5.10 Å². The van der Waals surface area contributed by atoms with Crippen LogP contribution in [0.25, 0.3) is 0 Å². The SMILES string of the molecule is Cc1nn(C)c(CC(NN)c2cc3c(s2)CCC3)c1Cl. The maximum absolute atomic E-state index is 6.33. The second-order valence-electron chi connectivity index (χ2n) is 5.34. The summed E-state index contributed by atoms with van der Waals surface area (Å²) in [4.78, 5) is 2.82. The summed E-state index contributed by atoms with van der Waals surface area (Å²) < 4.78 is 1.85. The van der Waals surface area contributed by atoms with E-state index in [2.05, 4.69) is 16.6 Å². The number of thiophene rings is 1. The molecule has 1 aliphatic rings. The molecule has 0 aliphatic heterocycles. The molecule has 4 nitrogen and oxygen atoms in total.